The summed E-state index contributed by atoms with van der Waals surface area (Å²) in [7, 11) is 0. The van der Waals surface area contributed by atoms with Gasteiger partial charge in [0.25, 0.3) is 0 Å². The molecule has 2 atom stereocenters. The molecule has 2 aromatic carbocycles. The molecule has 1 heterocycles. The van der Waals surface area contributed by atoms with Crippen LogP contribution in [-0.2, 0) is 6.42 Å². The van der Waals surface area contributed by atoms with Gasteiger partial charge in [-0.3, -0.25) is 0 Å². The molecule has 0 saturated carbocycles. The maximum atomic E-state index is 6.39. The van der Waals surface area contributed by atoms with Crippen LogP contribution in [0, 0.1) is 0 Å². The predicted molar refractivity (Wildman–Crippen MR) is 80.5 cm³/mol. The highest BCUT2D eigenvalue weighted by molar-refractivity contribution is 9.10. The molecule has 0 aromatic heterocycles. The zero-order valence-electron chi connectivity index (χ0n) is 10.6. The first kappa shape index (κ1) is 12.7. The Labute approximate surface area is 121 Å². The van der Waals surface area contributed by atoms with Crippen LogP contribution in [0.2, 0.25) is 0 Å². The maximum absolute atomic E-state index is 6.39. The topological polar surface area (TPSA) is 35.2 Å². The van der Waals surface area contributed by atoms with Gasteiger partial charge in [0.15, 0.2) is 0 Å². The highest BCUT2D eigenvalue weighted by atomic mass is 79.9. The predicted octanol–water partition coefficient (Wildman–Crippen LogP) is 3.50. The molecule has 0 amide bonds. The van der Waals surface area contributed by atoms with Crippen LogP contribution in [0.25, 0.3) is 0 Å². The van der Waals surface area contributed by atoms with E-state index in [2.05, 4.69) is 34.1 Å². The van der Waals surface area contributed by atoms with Gasteiger partial charge in [-0.15, -0.1) is 0 Å². The van der Waals surface area contributed by atoms with E-state index in [4.69, 9.17) is 10.5 Å². The van der Waals surface area contributed by atoms with E-state index in [9.17, 15) is 0 Å². The fourth-order valence-corrected chi connectivity index (χ4v) is 3.05. The lowest BCUT2D eigenvalue weighted by Crippen LogP contribution is -2.31. The van der Waals surface area contributed by atoms with Gasteiger partial charge in [0.05, 0.1) is 6.61 Å². The van der Waals surface area contributed by atoms with E-state index < -0.39 is 0 Å². The second-order valence-corrected chi connectivity index (χ2v) is 5.77. The summed E-state index contributed by atoms with van der Waals surface area (Å²) in [5.41, 5.74) is 8.88. The molecule has 0 saturated heterocycles. The van der Waals surface area contributed by atoms with Gasteiger partial charge < -0.3 is 10.5 Å². The van der Waals surface area contributed by atoms with Gasteiger partial charge in [0, 0.05) is 22.0 Å². The molecular formula is C16H16BrNO. The van der Waals surface area contributed by atoms with Crippen LogP contribution < -0.4 is 10.5 Å². The Bertz CT molecular complexity index is 584. The fraction of sp³-hybridized carbons (Fsp3) is 0.250. The lowest BCUT2D eigenvalue weighted by atomic mass is 9.90. The highest BCUT2D eigenvalue weighted by Crippen LogP contribution is 2.36. The van der Waals surface area contributed by atoms with Crippen molar-refractivity contribution in [2.45, 2.75) is 18.4 Å². The van der Waals surface area contributed by atoms with E-state index in [1.165, 1.54) is 11.1 Å². The van der Waals surface area contributed by atoms with E-state index in [0.717, 1.165) is 16.6 Å². The van der Waals surface area contributed by atoms with Gasteiger partial charge in [-0.1, -0.05) is 52.3 Å². The van der Waals surface area contributed by atoms with Crippen LogP contribution in [0.1, 0.15) is 17.0 Å². The Balaban J connectivity index is 1.79. The Kier molecular flexibility index (Phi) is 3.58. The second-order valence-electron chi connectivity index (χ2n) is 4.91. The highest BCUT2D eigenvalue weighted by Gasteiger charge is 2.29. The summed E-state index contributed by atoms with van der Waals surface area (Å²) in [6, 6.07) is 16.5. The quantitative estimate of drug-likeness (QED) is 0.940. The normalized spacial score (nSPS) is 18.7. The van der Waals surface area contributed by atoms with Gasteiger partial charge in [-0.05, 0) is 24.1 Å². The third-order valence-corrected chi connectivity index (χ3v) is 4.44. The largest absolute Gasteiger partial charge is 0.493 e. The molecule has 2 nitrogen and oxygen atoms in total. The number of rotatable bonds is 3. The van der Waals surface area contributed by atoms with Crippen molar-refractivity contribution < 1.29 is 4.74 Å². The summed E-state index contributed by atoms with van der Waals surface area (Å²) in [5.74, 6) is 1.26. The summed E-state index contributed by atoms with van der Waals surface area (Å²) >= 11 is 3.58. The Hall–Kier alpha value is -1.32. The number of para-hydroxylation sites is 1. The minimum Gasteiger partial charge on any atom is -0.493 e. The average Bonchev–Trinajstić information content (AvgIpc) is 2.85. The standard InChI is InChI=1S/C16H16BrNO/c17-14-7-3-1-5-11(14)9-15(18)13-10-19-16-8-4-2-6-12(13)16/h1-8,13,15H,9-10,18H2. The lowest BCUT2D eigenvalue weighted by Gasteiger charge is -2.19. The summed E-state index contributed by atoms with van der Waals surface area (Å²) in [6.45, 7) is 0.685. The Morgan fingerprint density at radius 2 is 1.89 bits per heavy atom. The minimum atomic E-state index is 0.0716. The minimum absolute atomic E-state index is 0.0716. The first-order chi connectivity index (χ1) is 9.25. The monoisotopic (exact) mass is 317 g/mol. The molecule has 1 aliphatic heterocycles. The average molecular weight is 318 g/mol. The summed E-state index contributed by atoms with van der Waals surface area (Å²) in [6.07, 6.45) is 0.851. The molecule has 0 radical (unpaired) electrons. The van der Waals surface area contributed by atoms with E-state index >= 15 is 0 Å². The van der Waals surface area contributed by atoms with Crippen molar-refractivity contribution in [2.24, 2.45) is 5.73 Å². The lowest BCUT2D eigenvalue weighted by molar-refractivity contribution is 0.313. The molecule has 2 N–H and O–H groups in total. The number of halogens is 1. The molecule has 2 aromatic rings. The van der Waals surface area contributed by atoms with Crippen LogP contribution in [-0.4, -0.2) is 12.6 Å². The molecule has 0 spiro atoms. The van der Waals surface area contributed by atoms with Crippen molar-refractivity contribution in [3.05, 3.63) is 64.1 Å². The zero-order chi connectivity index (χ0) is 13.2. The van der Waals surface area contributed by atoms with Gasteiger partial charge in [-0.2, -0.15) is 0 Å². The summed E-state index contributed by atoms with van der Waals surface area (Å²) in [4.78, 5) is 0. The van der Waals surface area contributed by atoms with E-state index in [1.807, 2.05) is 30.3 Å². The molecule has 0 bridgehead atoms. The van der Waals surface area contributed by atoms with Crippen molar-refractivity contribution in [3.63, 3.8) is 0 Å². The first-order valence-electron chi connectivity index (χ1n) is 6.46. The summed E-state index contributed by atoms with van der Waals surface area (Å²) < 4.78 is 6.83. The van der Waals surface area contributed by atoms with Gasteiger partial charge >= 0.3 is 0 Å². The van der Waals surface area contributed by atoms with E-state index in [-0.39, 0.29) is 12.0 Å². The number of nitrogens with two attached hydrogens (primary N) is 1. The number of hydrogen-bond acceptors (Lipinski definition) is 2. The number of hydrogen-bond donors (Lipinski definition) is 1. The molecule has 3 heteroatoms. The summed E-state index contributed by atoms with van der Waals surface area (Å²) in [5, 5.41) is 0. The van der Waals surface area contributed by atoms with Crippen LogP contribution >= 0.6 is 15.9 Å². The van der Waals surface area contributed by atoms with Crippen LogP contribution in [0.15, 0.2) is 53.0 Å². The van der Waals surface area contributed by atoms with Crippen LogP contribution in [0.4, 0.5) is 0 Å². The van der Waals surface area contributed by atoms with Crippen LogP contribution in [0.5, 0.6) is 5.75 Å². The van der Waals surface area contributed by atoms with Crippen molar-refractivity contribution in [1.82, 2.24) is 0 Å². The SMILES string of the molecule is NC(Cc1ccccc1Br)C1COc2ccccc21. The second kappa shape index (κ2) is 5.35. The van der Waals surface area contributed by atoms with Gasteiger partial charge in [-0.25, -0.2) is 0 Å². The van der Waals surface area contributed by atoms with Gasteiger partial charge in [0.2, 0.25) is 0 Å². The molecule has 0 aliphatic carbocycles. The molecule has 0 fully saturated rings. The van der Waals surface area contributed by atoms with Crippen LogP contribution in [0.3, 0.4) is 0 Å². The number of benzene rings is 2. The molecule has 1 aliphatic rings. The zero-order valence-corrected chi connectivity index (χ0v) is 12.1. The third kappa shape index (κ3) is 2.53. The molecular weight excluding hydrogens is 302 g/mol. The van der Waals surface area contributed by atoms with Crippen molar-refractivity contribution >= 4 is 15.9 Å². The van der Waals surface area contributed by atoms with Crippen molar-refractivity contribution in [3.8, 4) is 5.75 Å². The molecule has 3 rings (SSSR count). The number of ether oxygens (including phenoxy) is 1. The smallest absolute Gasteiger partial charge is 0.122 e. The third-order valence-electron chi connectivity index (χ3n) is 3.67. The first-order valence-corrected chi connectivity index (χ1v) is 7.25. The van der Waals surface area contributed by atoms with Crippen molar-refractivity contribution in [2.75, 3.05) is 6.61 Å². The van der Waals surface area contributed by atoms with Crippen molar-refractivity contribution in [1.29, 1.82) is 0 Å². The molecule has 98 valence electrons. The Morgan fingerprint density at radius 1 is 1.16 bits per heavy atom. The number of fused-ring (bicyclic) bond motifs is 1. The maximum Gasteiger partial charge on any atom is 0.122 e. The Morgan fingerprint density at radius 3 is 2.74 bits per heavy atom. The van der Waals surface area contributed by atoms with Gasteiger partial charge in [0.1, 0.15) is 5.75 Å². The van der Waals surface area contributed by atoms with E-state index in [0.29, 0.717) is 6.61 Å². The molecule has 19 heavy (non-hydrogen) atoms. The molecule has 2 unspecified atom stereocenters. The van der Waals surface area contributed by atoms with E-state index in [1.54, 1.807) is 0 Å². The fourth-order valence-electron chi connectivity index (χ4n) is 2.60.